The molecule has 0 saturated carbocycles. The maximum absolute atomic E-state index is 2.52. The first-order chi connectivity index (χ1) is 32.0. The lowest BCUT2D eigenvalue weighted by molar-refractivity contribution is 0.660. The molecule has 1 spiro atoms. The van der Waals surface area contributed by atoms with Crippen molar-refractivity contribution in [3.05, 3.63) is 270 Å². The van der Waals surface area contributed by atoms with Gasteiger partial charge in [-0.15, -0.1) is 0 Å². The Hall–Kier alpha value is -8.00. The summed E-state index contributed by atoms with van der Waals surface area (Å²) in [5.74, 6) is 0. The Morgan fingerprint density at radius 1 is 0.277 bits per heavy atom. The van der Waals surface area contributed by atoms with Gasteiger partial charge in [0.15, 0.2) is 0 Å². The van der Waals surface area contributed by atoms with Crippen LogP contribution in [0.4, 0.5) is 17.1 Å². The van der Waals surface area contributed by atoms with Gasteiger partial charge in [0.05, 0.1) is 11.1 Å². The molecule has 3 aliphatic rings. The molecule has 13 rings (SSSR count). The van der Waals surface area contributed by atoms with Gasteiger partial charge in [0, 0.05) is 22.4 Å². The monoisotopic (exact) mass is 827 g/mol. The van der Waals surface area contributed by atoms with Gasteiger partial charge in [-0.25, -0.2) is 0 Å². The number of hydrogen-bond donors (Lipinski definition) is 0. The number of fused-ring (bicyclic) bond motifs is 13. The molecule has 306 valence electrons. The summed E-state index contributed by atoms with van der Waals surface area (Å²) in [6.45, 7) is 4.75. The zero-order valence-electron chi connectivity index (χ0n) is 36.5. The first-order valence-corrected chi connectivity index (χ1v) is 22.8. The predicted molar refractivity (Wildman–Crippen MR) is 271 cm³/mol. The van der Waals surface area contributed by atoms with Crippen molar-refractivity contribution in [2.75, 3.05) is 4.90 Å². The number of para-hydroxylation sites is 1. The standard InChI is InChI=1S/C64H45N/c1-63(2)55-28-15-12-25-50(55)52-36-34-49(41-59(52)63)65(48-23-10-5-11-24-48)61-32-18-31-58-62(61)54-27-14-17-30-57(54)64(58)56-29-16-13-26-51(56)53-35-33-44(40-60(53)64)47-38-45(42-19-6-3-7-20-42)37-46(39-47)43-21-8-4-9-22-43/h3-41H,1-2H3. The van der Waals surface area contributed by atoms with Crippen molar-refractivity contribution < 1.29 is 0 Å². The molecule has 1 heteroatoms. The van der Waals surface area contributed by atoms with E-state index in [0.717, 1.165) is 11.4 Å². The maximum Gasteiger partial charge on any atom is 0.0726 e. The number of benzene rings is 10. The van der Waals surface area contributed by atoms with E-state index in [1.165, 1.54) is 106 Å². The van der Waals surface area contributed by atoms with Gasteiger partial charge in [0.1, 0.15) is 0 Å². The van der Waals surface area contributed by atoms with Crippen molar-refractivity contribution in [3.63, 3.8) is 0 Å². The molecule has 0 heterocycles. The quantitative estimate of drug-likeness (QED) is 0.161. The van der Waals surface area contributed by atoms with Gasteiger partial charge in [0.2, 0.25) is 0 Å². The number of anilines is 3. The second-order valence-corrected chi connectivity index (χ2v) is 18.4. The summed E-state index contributed by atoms with van der Waals surface area (Å²) >= 11 is 0. The van der Waals surface area contributed by atoms with E-state index in [9.17, 15) is 0 Å². The smallest absolute Gasteiger partial charge is 0.0726 e. The number of hydrogen-bond acceptors (Lipinski definition) is 1. The van der Waals surface area contributed by atoms with Crippen LogP contribution in [0.5, 0.6) is 0 Å². The summed E-state index contributed by atoms with van der Waals surface area (Å²) in [6.07, 6.45) is 0. The number of nitrogens with zero attached hydrogens (tertiary/aromatic N) is 1. The third-order valence-electron chi connectivity index (χ3n) is 14.7. The van der Waals surface area contributed by atoms with E-state index >= 15 is 0 Å². The van der Waals surface area contributed by atoms with Crippen molar-refractivity contribution >= 4 is 17.1 Å². The highest BCUT2D eigenvalue weighted by molar-refractivity contribution is 6.02. The van der Waals surface area contributed by atoms with E-state index < -0.39 is 5.41 Å². The Morgan fingerprint density at radius 2 is 0.754 bits per heavy atom. The van der Waals surface area contributed by atoms with Gasteiger partial charge in [-0.3, -0.25) is 0 Å². The fraction of sp³-hybridized carbons (Fsp3) is 0.0625. The third kappa shape index (κ3) is 5.46. The topological polar surface area (TPSA) is 3.24 Å². The lowest BCUT2D eigenvalue weighted by Gasteiger charge is -2.32. The largest absolute Gasteiger partial charge is 0.310 e. The fourth-order valence-electron chi connectivity index (χ4n) is 11.8. The third-order valence-corrected chi connectivity index (χ3v) is 14.7. The number of rotatable bonds is 6. The second kappa shape index (κ2) is 14.3. The van der Waals surface area contributed by atoms with Crippen molar-refractivity contribution in [3.8, 4) is 66.8 Å². The summed E-state index contributed by atoms with van der Waals surface area (Å²) in [4.78, 5) is 2.51. The molecule has 10 aromatic carbocycles. The van der Waals surface area contributed by atoms with Crippen LogP contribution in [-0.4, -0.2) is 0 Å². The second-order valence-electron chi connectivity index (χ2n) is 18.4. The molecular weight excluding hydrogens is 783 g/mol. The van der Waals surface area contributed by atoms with Crippen LogP contribution in [0.2, 0.25) is 0 Å². The van der Waals surface area contributed by atoms with Crippen LogP contribution in [0, 0.1) is 0 Å². The normalized spacial score (nSPS) is 15.4. The molecule has 0 radical (unpaired) electrons. The maximum atomic E-state index is 2.52. The van der Waals surface area contributed by atoms with Crippen LogP contribution < -0.4 is 4.90 Å². The molecule has 3 aliphatic carbocycles. The Bertz CT molecular complexity index is 3450. The predicted octanol–water partition coefficient (Wildman–Crippen LogP) is 16.8. The zero-order valence-corrected chi connectivity index (χ0v) is 36.5. The van der Waals surface area contributed by atoms with Gasteiger partial charge >= 0.3 is 0 Å². The van der Waals surface area contributed by atoms with Crippen LogP contribution in [0.1, 0.15) is 47.2 Å². The summed E-state index contributed by atoms with van der Waals surface area (Å²) in [5.41, 5.74) is 25.9. The van der Waals surface area contributed by atoms with E-state index in [-0.39, 0.29) is 5.41 Å². The van der Waals surface area contributed by atoms with Gasteiger partial charge < -0.3 is 4.90 Å². The molecule has 0 aromatic heterocycles. The average molecular weight is 828 g/mol. The molecule has 1 unspecified atom stereocenters. The van der Waals surface area contributed by atoms with E-state index in [1.807, 2.05) is 0 Å². The Balaban J connectivity index is 1.05. The lowest BCUT2D eigenvalue weighted by atomic mass is 9.70. The molecule has 0 fully saturated rings. The van der Waals surface area contributed by atoms with Crippen LogP contribution in [0.15, 0.2) is 237 Å². The first kappa shape index (κ1) is 37.5. The Labute approximate surface area is 381 Å². The van der Waals surface area contributed by atoms with Crippen molar-refractivity contribution in [1.82, 2.24) is 0 Å². The molecule has 10 aromatic rings. The summed E-state index contributed by atoms with van der Waals surface area (Å²) in [5, 5.41) is 0. The highest BCUT2D eigenvalue weighted by atomic mass is 15.1. The SMILES string of the molecule is CC1(C)c2ccccc2-c2ccc(N(c3ccccc3)c3cccc4c3-c3ccccc3C43c4ccccc4-c4ccc(-c5cc(-c6ccccc6)cc(-c6ccccc6)c5)cc43)cc21. The molecule has 0 saturated heterocycles. The van der Waals surface area contributed by atoms with E-state index in [2.05, 4.69) is 255 Å². The molecule has 1 nitrogen and oxygen atoms in total. The molecular formula is C64H45N. The van der Waals surface area contributed by atoms with Gasteiger partial charge in [-0.05, 0) is 149 Å². The van der Waals surface area contributed by atoms with Crippen LogP contribution in [0.3, 0.4) is 0 Å². The summed E-state index contributed by atoms with van der Waals surface area (Å²) in [7, 11) is 0. The molecule has 0 aliphatic heterocycles. The van der Waals surface area contributed by atoms with E-state index in [0.29, 0.717) is 0 Å². The van der Waals surface area contributed by atoms with Gasteiger partial charge in [-0.1, -0.05) is 196 Å². The Morgan fingerprint density at radius 3 is 1.42 bits per heavy atom. The minimum absolute atomic E-state index is 0.128. The highest BCUT2D eigenvalue weighted by Crippen LogP contribution is 2.65. The van der Waals surface area contributed by atoms with Crippen molar-refractivity contribution in [2.24, 2.45) is 0 Å². The molecule has 0 N–H and O–H groups in total. The minimum atomic E-state index is -0.535. The van der Waals surface area contributed by atoms with Gasteiger partial charge in [0.25, 0.3) is 0 Å². The van der Waals surface area contributed by atoms with Crippen LogP contribution >= 0.6 is 0 Å². The molecule has 1 atom stereocenters. The highest BCUT2D eigenvalue weighted by Gasteiger charge is 2.52. The van der Waals surface area contributed by atoms with Crippen LogP contribution in [-0.2, 0) is 10.8 Å². The Kier molecular flexibility index (Phi) is 8.24. The summed E-state index contributed by atoms with van der Waals surface area (Å²) in [6, 6.07) is 88.3. The molecule has 0 amide bonds. The van der Waals surface area contributed by atoms with Crippen molar-refractivity contribution in [1.29, 1.82) is 0 Å². The zero-order chi connectivity index (χ0) is 43.3. The first-order valence-electron chi connectivity index (χ1n) is 22.8. The average Bonchev–Trinajstić information content (AvgIpc) is 3.93. The van der Waals surface area contributed by atoms with Crippen LogP contribution in [0.25, 0.3) is 66.8 Å². The van der Waals surface area contributed by atoms with E-state index in [4.69, 9.17) is 0 Å². The van der Waals surface area contributed by atoms with Crippen molar-refractivity contribution in [2.45, 2.75) is 24.7 Å². The lowest BCUT2D eigenvalue weighted by Crippen LogP contribution is -2.26. The van der Waals surface area contributed by atoms with E-state index in [1.54, 1.807) is 0 Å². The molecule has 0 bridgehead atoms. The molecule has 65 heavy (non-hydrogen) atoms. The minimum Gasteiger partial charge on any atom is -0.310 e. The fourth-order valence-corrected chi connectivity index (χ4v) is 11.8. The summed E-state index contributed by atoms with van der Waals surface area (Å²) < 4.78 is 0. The van der Waals surface area contributed by atoms with Gasteiger partial charge in [-0.2, -0.15) is 0 Å².